The lowest BCUT2D eigenvalue weighted by atomic mass is 9.79. The van der Waals surface area contributed by atoms with Gasteiger partial charge in [-0.25, -0.2) is 0 Å². The van der Waals surface area contributed by atoms with E-state index >= 15 is 0 Å². The Morgan fingerprint density at radius 1 is 0.434 bits per heavy atom. The molecule has 7 aromatic rings. The summed E-state index contributed by atoms with van der Waals surface area (Å²) < 4.78 is 0. The summed E-state index contributed by atoms with van der Waals surface area (Å²) in [6, 6.07) is 55.3. The molecule has 0 amide bonds. The van der Waals surface area contributed by atoms with E-state index in [0.717, 1.165) is 5.69 Å². The fourth-order valence-electron chi connectivity index (χ4n) is 10.1. The Kier molecular flexibility index (Phi) is 7.35. The van der Waals surface area contributed by atoms with Crippen molar-refractivity contribution < 1.29 is 0 Å². The zero-order valence-electron chi connectivity index (χ0n) is 31.4. The lowest BCUT2D eigenvalue weighted by Crippen LogP contribution is -2.18. The molecule has 0 bridgehead atoms. The third-order valence-corrected chi connectivity index (χ3v) is 13.1. The summed E-state index contributed by atoms with van der Waals surface area (Å²) in [7, 11) is 0. The second-order valence-electron chi connectivity index (χ2n) is 16.8. The Hall–Kier alpha value is -5.40. The Labute approximate surface area is 315 Å². The molecule has 0 aliphatic heterocycles. The van der Waals surface area contributed by atoms with Gasteiger partial charge in [-0.05, 0) is 127 Å². The van der Waals surface area contributed by atoms with Gasteiger partial charge in [-0.3, -0.25) is 0 Å². The normalized spacial score (nSPS) is 16.5. The molecule has 3 aliphatic rings. The van der Waals surface area contributed by atoms with Crippen molar-refractivity contribution in [2.24, 2.45) is 0 Å². The van der Waals surface area contributed by atoms with E-state index in [1.165, 1.54) is 110 Å². The Bertz CT molecular complexity index is 2540. The second kappa shape index (κ2) is 12.1. The van der Waals surface area contributed by atoms with Gasteiger partial charge in [0.05, 0.1) is 0 Å². The number of hydrogen-bond donors (Lipinski definition) is 0. The molecule has 1 fully saturated rings. The maximum absolute atomic E-state index is 2.56. The molecule has 0 aromatic heterocycles. The first-order chi connectivity index (χ1) is 25.8. The minimum Gasteiger partial charge on any atom is -0.310 e. The maximum atomic E-state index is 2.56. The SMILES string of the molecule is CC1(C)c2ccccc2-c2ccc(N(c3ccc(-c4cccc5ccccc45)cc3)c3ccc4c(c3)C(C)(C)c3cc(C5CCCCC5)ccc3-4)cc21. The quantitative estimate of drug-likeness (QED) is 0.174. The van der Waals surface area contributed by atoms with Crippen molar-refractivity contribution in [1.29, 1.82) is 0 Å². The Morgan fingerprint density at radius 3 is 1.68 bits per heavy atom. The second-order valence-corrected chi connectivity index (χ2v) is 16.8. The summed E-state index contributed by atoms with van der Waals surface area (Å²) in [6.07, 6.45) is 6.76. The molecule has 0 radical (unpaired) electrons. The zero-order chi connectivity index (χ0) is 35.9. The number of hydrogen-bond acceptors (Lipinski definition) is 1. The highest BCUT2D eigenvalue weighted by molar-refractivity contribution is 5.97. The molecule has 0 heterocycles. The Morgan fingerprint density at radius 2 is 0.962 bits per heavy atom. The van der Waals surface area contributed by atoms with Crippen LogP contribution in [-0.4, -0.2) is 0 Å². The van der Waals surface area contributed by atoms with Gasteiger partial charge in [0.25, 0.3) is 0 Å². The molecule has 10 rings (SSSR count). The van der Waals surface area contributed by atoms with Crippen LogP contribution in [0.1, 0.15) is 93.5 Å². The van der Waals surface area contributed by atoms with E-state index in [4.69, 9.17) is 0 Å². The molecule has 0 unspecified atom stereocenters. The van der Waals surface area contributed by atoms with E-state index in [2.05, 4.69) is 178 Å². The van der Waals surface area contributed by atoms with Gasteiger partial charge in [0.15, 0.2) is 0 Å². The van der Waals surface area contributed by atoms with Gasteiger partial charge in [-0.1, -0.05) is 156 Å². The van der Waals surface area contributed by atoms with Gasteiger partial charge < -0.3 is 4.90 Å². The minimum atomic E-state index is -0.0865. The predicted octanol–water partition coefficient (Wildman–Crippen LogP) is 14.6. The zero-order valence-corrected chi connectivity index (χ0v) is 31.4. The number of anilines is 3. The minimum absolute atomic E-state index is 0.0799. The van der Waals surface area contributed by atoms with Gasteiger partial charge >= 0.3 is 0 Å². The van der Waals surface area contributed by atoms with Crippen LogP contribution >= 0.6 is 0 Å². The van der Waals surface area contributed by atoms with Crippen molar-refractivity contribution in [2.75, 3.05) is 4.90 Å². The number of nitrogens with zero attached hydrogens (tertiary/aromatic N) is 1. The summed E-state index contributed by atoms with van der Waals surface area (Å²) in [6.45, 7) is 9.62. The van der Waals surface area contributed by atoms with Gasteiger partial charge in [0.1, 0.15) is 0 Å². The number of fused-ring (bicyclic) bond motifs is 7. The van der Waals surface area contributed by atoms with Gasteiger partial charge in [-0.2, -0.15) is 0 Å². The monoisotopic (exact) mass is 685 g/mol. The lowest BCUT2D eigenvalue weighted by molar-refractivity contribution is 0.443. The van der Waals surface area contributed by atoms with E-state index in [1.807, 2.05) is 0 Å². The molecule has 7 aromatic carbocycles. The fourth-order valence-corrected chi connectivity index (χ4v) is 10.1. The smallest absolute Gasteiger partial charge is 0.0465 e. The lowest BCUT2D eigenvalue weighted by Gasteiger charge is -2.30. The number of benzene rings is 7. The van der Waals surface area contributed by atoms with Crippen molar-refractivity contribution in [3.63, 3.8) is 0 Å². The average molecular weight is 686 g/mol. The van der Waals surface area contributed by atoms with Gasteiger partial charge in [0, 0.05) is 27.9 Å². The van der Waals surface area contributed by atoms with Crippen LogP contribution in [0.5, 0.6) is 0 Å². The molecular formula is C52H47N. The molecule has 3 aliphatic carbocycles. The first-order valence-corrected chi connectivity index (χ1v) is 19.7. The van der Waals surface area contributed by atoms with Crippen molar-refractivity contribution in [2.45, 2.75) is 76.5 Å². The third kappa shape index (κ3) is 5.04. The van der Waals surface area contributed by atoms with Crippen molar-refractivity contribution in [1.82, 2.24) is 0 Å². The highest BCUT2D eigenvalue weighted by Crippen LogP contribution is 2.54. The fraction of sp³-hybridized carbons (Fsp3) is 0.231. The molecule has 53 heavy (non-hydrogen) atoms. The summed E-state index contributed by atoms with van der Waals surface area (Å²) >= 11 is 0. The van der Waals surface area contributed by atoms with Gasteiger partial charge in [0.2, 0.25) is 0 Å². The highest BCUT2D eigenvalue weighted by atomic mass is 15.1. The molecule has 1 saturated carbocycles. The van der Waals surface area contributed by atoms with Crippen molar-refractivity contribution in [3.8, 4) is 33.4 Å². The summed E-state index contributed by atoms with van der Waals surface area (Å²) in [4.78, 5) is 2.49. The molecule has 0 saturated heterocycles. The molecule has 0 atom stereocenters. The van der Waals surface area contributed by atoms with E-state index in [9.17, 15) is 0 Å². The van der Waals surface area contributed by atoms with Crippen LogP contribution in [0.4, 0.5) is 17.1 Å². The standard InChI is InChI=1S/C52H47N/c1-51(2)47-20-11-10-18-43(47)45-29-26-39(32-49(45)51)53(38-24-21-36(22-25-38)42-19-12-16-35-15-8-9-17-41(35)42)40-27-30-46-44-28-23-37(34-13-6-5-7-14-34)31-48(44)52(3,4)50(46)33-40/h8-12,15-34H,5-7,13-14H2,1-4H3. The molecule has 0 spiro atoms. The van der Waals surface area contributed by atoms with Crippen LogP contribution in [0.25, 0.3) is 44.2 Å². The molecule has 260 valence electrons. The van der Waals surface area contributed by atoms with Crippen LogP contribution in [0.3, 0.4) is 0 Å². The molecular weight excluding hydrogens is 639 g/mol. The van der Waals surface area contributed by atoms with Gasteiger partial charge in [-0.15, -0.1) is 0 Å². The first-order valence-electron chi connectivity index (χ1n) is 19.7. The summed E-state index contributed by atoms with van der Waals surface area (Å²) in [5, 5.41) is 2.55. The van der Waals surface area contributed by atoms with Crippen LogP contribution < -0.4 is 4.90 Å². The van der Waals surface area contributed by atoms with E-state index in [0.29, 0.717) is 5.92 Å². The molecule has 1 nitrogen and oxygen atoms in total. The Balaban J connectivity index is 1.10. The summed E-state index contributed by atoms with van der Waals surface area (Å²) in [5.41, 5.74) is 18.6. The van der Waals surface area contributed by atoms with Crippen LogP contribution in [-0.2, 0) is 10.8 Å². The largest absolute Gasteiger partial charge is 0.310 e. The topological polar surface area (TPSA) is 3.24 Å². The predicted molar refractivity (Wildman–Crippen MR) is 225 cm³/mol. The van der Waals surface area contributed by atoms with Crippen LogP contribution in [0.15, 0.2) is 146 Å². The van der Waals surface area contributed by atoms with Crippen LogP contribution in [0, 0.1) is 0 Å². The number of rotatable bonds is 5. The first kappa shape index (κ1) is 32.3. The van der Waals surface area contributed by atoms with Crippen molar-refractivity contribution >= 4 is 27.8 Å². The molecule has 0 N–H and O–H groups in total. The average Bonchev–Trinajstić information content (AvgIpc) is 3.57. The summed E-state index contributed by atoms with van der Waals surface area (Å²) in [5.74, 6) is 0.701. The third-order valence-electron chi connectivity index (χ3n) is 13.1. The highest BCUT2D eigenvalue weighted by Gasteiger charge is 2.38. The van der Waals surface area contributed by atoms with E-state index in [-0.39, 0.29) is 10.8 Å². The molecule has 1 heteroatoms. The van der Waals surface area contributed by atoms with Crippen molar-refractivity contribution in [3.05, 3.63) is 173 Å². The maximum Gasteiger partial charge on any atom is 0.0465 e. The van der Waals surface area contributed by atoms with E-state index < -0.39 is 0 Å². The van der Waals surface area contributed by atoms with Crippen LogP contribution in [0.2, 0.25) is 0 Å². The van der Waals surface area contributed by atoms with E-state index in [1.54, 1.807) is 5.56 Å².